The summed E-state index contributed by atoms with van der Waals surface area (Å²) in [6.45, 7) is 13.1. The maximum absolute atomic E-state index is 13.5. The first-order valence-electron chi connectivity index (χ1n) is 21.6. The molecule has 1 N–H and O–H groups in total. The summed E-state index contributed by atoms with van der Waals surface area (Å²) in [5, 5.41) is 2.86. The van der Waals surface area contributed by atoms with Crippen molar-refractivity contribution >= 4 is 23.5 Å². The van der Waals surface area contributed by atoms with E-state index in [4.69, 9.17) is 4.74 Å². The molecule has 6 heteroatoms. The van der Waals surface area contributed by atoms with Crippen molar-refractivity contribution in [2.24, 2.45) is 46.3 Å². The Morgan fingerprint density at radius 2 is 1.64 bits per heavy atom. The Morgan fingerprint density at radius 1 is 0.873 bits per heavy atom. The molecule has 0 spiro atoms. The fourth-order valence-corrected chi connectivity index (χ4v) is 12.0. The van der Waals surface area contributed by atoms with E-state index in [-0.39, 0.29) is 55.1 Å². The van der Waals surface area contributed by atoms with Crippen molar-refractivity contribution in [3.8, 4) is 11.8 Å². The lowest BCUT2D eigenvalue weighted by atomic mass is 9.47. The van der Waals surface area contributed by atoms with Gasteiger partial charge in [0.25, 0.3) is 0 Å². The molecular weight excluding hydrogens is 681 g/mol. The first-order chi connectivity index (χ1) is 26.5. The molecule has 1 aliphatic heterocycles. The standard InChI is InChI=1S/C49H64N2O4/c1-33(2)11-10-12-34(3)41-21-22-42-40-20-19-38-31-39(25-28-48(38,4)43(40)26-29-49(41,42)5)55-47(54)24-23-45(52)50-30-27-46(53)51-32-37-15-7-6-13-35(37)17-18-36-14-8-9-16-44(36)51/h6-9,13-16,19,33-34,39-43H,10-12,20-32H2,1-5H3,(H,50,52)/t34-,39+,40+,41-,42+,43+,48+,49-/m1/s1. The summed E-state index contributed by atoms with van der Waals surface area (Å²) in [6.07, 6.45) is 16.3. The summed E-state index contributed by atoms with van der Waals surface area (Å²) < 4.78 is 6.02. The Hall–Kier alpha value is -3.85. The summed E-state index contributed by atoms with van der Waals surface area (Å²) in [6, 6.07) is 15.6. The largest absolute Gasteiger partial charge is 0.462 e. The highest BCUT2D eigenvalue weighted by atomic mass is 16.5. The fourth-order valence-electron chi connectivity index (χ4n) is 12.0. The third-order valence-electron chi connectivity index (χ3n) is 14.9. The van der Waals surface area contributed by atoms with Crippen LogP contribution in [-0.4, -0.2) is 30.4 Å². The second-order valence-corrected chi connectivity index (χ2v) is 18.6. The van der Waals surface area contributed by atoms with Gasteiger partial charge in [-0.15, -0.1) is 0 Å². The number of amides is 2. The van der Waals surface area contributed by atoms with Gasteiger partial charge in [0, 0.05) is 36.9 Å². The van der Waals surface area contributed by atoms with E-state index in [1.54, 1.807) is 4.90 Å². The van der Waals surface area contributed by atoms with E-state index in [9.17, 15) is 14.4 Å². The number of hydrogen-bond acceptors (Lipinski definition) is 4. The van der Waals surface area contributed by atoms with Gasteiger partial charge in [0.1, 0.15) is 6.10 Å². The van der Waals surface area contributed by atoms with Crippen LogP contribution in [0, 0.1) is 58.2 Å². The molecule has 8 atom stereocenters. The number of anilines is 1. The smallest absolute Gasteiger partial charge is 0.306 e. The molecule has 1 heterocycles. The summed E-state index contributed by atoms with van der Waals surface area (Å²) >= 11 is 0. The molecule has 4 aliphatic carbocycles. The zero-order chi connectivity index (χ0) is 38.7. The molecule has 0 unspecified atom stereocenters. The molecule has 3 fully saturated rings. The van der Waals surface area contributed by atoms with Crippen LogP contribution in [0.3, 0.4) is 0 Å². The average Bonchev–Trinajstić information content (AvgIpc) is 3.52. The second kappa shape index (κ2) is 16.7. The van der Waals surface area contributed by atoms with Gasteiger partial charge in [-0.1, -0.05) is 108 Å². The van der Waals surface area contributed by atoms with Gasteiger partial charge >= 0.3 is 5.97 Å². The van der Waals surface area contributed by atoms with Crippen LogP contribution >= 0.6 is 0 Å². The fraction of sp³-hybridized carbons (Fsp3) is 0.612. The van der Waals surface area contributed by atoms with Crippen molar-refractivity contribution in [1.29, 1.82) is 0 Å². The van der Waals surface area contributed by atoms with Crippen molar-refractivity contribution < 1.29 is 19.1 Å². The summed E-state index contributed by atoms with van der Waals surface area (Å²) in [7, 11) is 0. The number of carbonyl (C=O) groups is 3. The summed E-state index contributed by atoms with van der Waals surface area (Å²) in [5.41, 5.74) is 5.68. The van der Waals surface area contributed by atoms with Crippen LogP contribution in [0.4, 0.5) is 5.69 Å². The Kier molecular flexibility index (Phi) is 12.0. The lowest BCUT2D eigenvalue weighted by molar-refractivity contribution is -0.152. The number of carbonyl (C=O) groups excluding carboxylic acids is 3. The Morgan fingerprint density at radius 3 is 2.45 bits per heavy atom. The highest BCUT2D eigenvalue weighted by molar-refractivity contribution is 5.95. The topological polar surface area (TPSA) is 75.7 Å². The maximum Gasteiger partial charge on any atom is 0.306 e. The van der Waals surface area contributed by atoms with Crippen molar-refractivity contribution in [3.05, 3.63) is 76.9 Å². The summed E-state index contributed by atoms with van der Waals surface area (Å²) in [5.74, 6) is 10.7. The molecule has 2 aromatic rings. The number of para-hydroxylation sites is 1. The van der Waals surface area contributed by atoms with Crippen LogP contribution in [0.1, 0.15) is 141 Å². The minimum Gasteiger partial charge on any atom is -0.462 e. The number of ether oxygens (including phenoxy) is 1. The van der Waals surface area contributed by atoms with E-state index >= 15 is 0 Å². The predicted molar refractivity (Wildman–Crippen MR) is 220 cm³/mol. The number of allylic oxidation sites excluding steroid dienone is 1. The predicted octanol–water partition coefficient (Wildman–Crippen LogP) is 10.2. The number of rotatable bonds is 12. The Labute approximate surface area is 330 Å². The van der Waals surface area contributed by atoms with E-state index in [1.807, 2.05) is 48.5 Å². The van der Waals surface area contributed by atoms with Crippen LogP contribution < -0.4 is 10.2 Å². The minimum atomic E-state index is -0.306. The van der Waals surface area contributed by atoms with Gasteiger partial charge in [-0.3, -0.25) is 14.4 Å². The van der Waals surface area contributed by atoms with Gasteiger partial charge in [0.2, 0.25) is 11.8 Å². The van der Waals surface area contributed by atoms with Crippen LogP contribution in [0.15, 0.2) is 60.2 Å². The number of esters is 1. The molecule has 0 saturated heterocycles. The first-order valence-corrected chi connectivity index (χ1v) is 21.6. The number of nitrogens with zero attached hydrogens (tertiary/aromatic N) is 1. The zero-order valence-corrected chi connectivity index (χ0v) is 34.1. The molecule has 0 aromatic heterocycles. The van der Waals surface area contributed by atoms with Crippen LogP contribution in [0.25, 0.3) is 0 Å². The molecule has 5 aliphatic rings. The zero-order valence-electron chi connectivity index (χ0n) is 34.1. The Bertz CT molecular complexity index is 1830. The van der Waals surface area contributed by atoms with Gasteiger partial charge in [-0.25, -0.2) is 0 Å². The number of hydrogen-bond donors (Lipinski definition) is 1. The highest BCUT2D eigenvalue weighted by Crippen LogP contribution is 2.67. The normalized spacial score (nSPS) is 29.7. The third kappa shape index (κ3) is 8.33. The highest BCUT2D eigenvalue weighted by Gasteiger charge is 2.59. The molecule has 7 rings (SSSR count). The lowest BCUT2D eigenvalue weighted by Crippen LogP contribution is -2.51. The van der Waals surface area contributed by atoms with E-state index < -0.39 is 0 Å². The SMILES string of the molecule is CC(C)CCC[C@@H](C)[C@H]1CC[C@H]2[C@@H]3CC=C4C[C@@H](OC(=O)CCC(=O)NCCC(=O)N5Cc6ccccc6C#Cc6ccccc65)CC[C@]4(C)[C@H]3CC[C@]12C. The molecule has 0 bridgehead atoms. The van der Waals surface area contributed by atoms with Gasteiger partial charge in [-0.2, -0.15) is 0 Å². The quantitative estimate of drug-likeness (QED) is 0.133. The van der Waals surface area contributed by atoms with Gasteiger partial charge in [0.05, 0.1) is 18.7 Å². The minimum absolute atomic E-state index is 0.0452. The van der Waals surface area contributed by atoms with Crippen LogP contribution in [0.2, 0.25) is 0 Å². The monoisotopic (exact) mass is 744 g/mol. The van der Waals surface area contributed by atoms with E-state index in [2.05, 4.69) is 57.9 Å². The average molecular weight is 745 g/mol. The van der Waals surface area contributed by atoms with E-state index in [1.165, 1.54) is 56.9 Å². The first kappa shape index (κ1) is 39.4. The second-order valence-electron chi connectivity index (χ2n) is 18.6. The third-order valence-corrected chi connectivity index (χ3v) is 14.9. The van der Waals surface area contributed by atoms with Gasteiger partial charge in [-0.05, 0) is 115 Å². The molecule has 3 saturated carbocycles. The summed E-state index contributed by atoms with van der Waals surface area (Å²) in [4.78, 5) is 41.0. The molecular formula is C49H64N2O4. The molecule has 294 valence electrons. The molecule has 2 amide bonds. The van der Waals surface area contributed by atoms with E-state index in [0.29, 0.717) is 12.0 Å². The van der Waals surface area contributed by atoms with Crippen LogP contribution in [-0.2, 0) is 25.7 Å². The van der Waals surface area contributed by atoms with Gasteiger partial charge < -0.3 is 15.0 Å². The number of nitrogens with one attached hydrogen (secondary N) is 1. The lowest BCUT2D eigenvalue weighted by Gasteiger charge is -2.58. The Balaban J connectivity index is 0.866. The van der Waals surface area contributed by atoms with E-state index in [0.717, 1.165) is 77.1 Å². The van der Waals surface area contributed by atoms with Gasteiger partial charge in [0.15, 0.2) is 0 Å². The van der Waals surface area contributed by atoms with Crippen LogP contribution in [0.5, 0.6) is 0 Å². The van der Waals surface area contributed by atoms with Crippen molar-refractivity contribution in [2.45, 2.75) is 137 Å². The number of fused-ring (bicyclic) bond motifs is 7. The molecule has 2 aromatic carbocycles. The molecule has 6 nitrogen and oxygen atoms in total. The maximum atomic E-state index is 13.5. The van der Waals surface area contributed by atoms with Crippen molar-refractivity contribution in [2.75, 3.05) is 11.4 Å². The van der Waals surface area contributed by atoms with Crippen molar-refractivity contribution in [3.63, 3.8) is 0 Å². The molecule has 0 radical (unpaired) electrons. The van der Waals surface area contributed by atoms with Crippen molar-refractivity contribution in [1.82, 2.24) is 5.32 Å². The molecule has 55 heavy (non-hydrogen) atoms. The number of benzene rings is 2.